The molecule has 16 heavy (non-hydrogen) atoms. The van der Waals surface area contributed by atoms with E-state index < -0.39 is 0 Å². The van der Waals surface area contributed by atoms with Gasteiger partial charge in [-0.3, -0.25) is 0 Å². The minimum Gasteiger partial charge on any atom is -0.445 e. The van der Waals surface area contributed by atoms with E-state index in [1.54, 1.807) is 0 Å². The van der Waals surface area contributed by atoms with Crippen LogP contribution in [-0.2, 0) is 4.74 Å². The highest BCUT2D eigenvalue weighted by atomic mass is 16.6. The van der Waals surface area contributed by atoms with Crippen molar-refractivity contribution in [2.45, 2.75) is 38.7 Å². The number of nitrogens with zero attached hydrogens (tertiary/aromatic N) is 1. The van der Waals surface area contributed by atoms with Gasteiger partial charge in [0, 0.05) is 19.6 Å². The first kappa shape index (κ1) is 11.7. The van der Waals surface area contributed by atoms with E-state index in [-0.39, 0.29) is 12.2 Å². The molecule has 0 aromatic rings. The van der Waals surface area contributed by atoms with Gasteiger partial charge in [0.05, 0.1) is 0 Å². The molecular formula is C12H22N2O2. The third kappa shape index (κ3) is 3.11. The van der Waals surface area contributed by atoms with E-state index >= 15 is 0 Å². The number of likely N-dealkylation sites (tertiary alicyclic amines) is 1. The Balaban J connectivity index is 1.77. The second kappa shape index (κ2) is 5.53. The number of hydrogen-bond donors (Lipinski definition) is 1. The highest BCUT2D eigenvalue weighted by Gasteiger charge is 2.25. The molecule has 0 bridgehead atoms. The Morgan fingerprint density at radius 2 is 2.25 bits per heavy atom. The summed E-state index contributed by atoms with van der Waals surface area (Å²) in [5.41, 5.74) is 0. The quantitative estimate of drug-likeness (QED) is 0.738. The summed E-state index contributed by atoms with van der Waals surface area (Å²) in [7, 11) is 0. The maximum absolute atomic E-state index is 11.9. The number of carbonyl (C=O) groups excluding carboxylic acids is 1. The molecule has 2 aliphatic heterocycles. The lowest BCUT2D eigenvalue weighted by Crippen LogP contribution is -2.44. The van der Waals surface area contributed by atoms with Crippen LogP contribution in [0.4, 0.5) is 4.79 Å². The third-order valence-electron chi connectivity index (χ3n) is 3.43. The Hall–Kier alpha value is -0.770. The average Bonchev–Trinajstić information content (AvgIpc) is 2.30. The lowest BCUT2D eigenvalue weighted by molar-refractivity contribution is 0.0422. The second-order valence-corrected chi connectivity index (χ2v) is 5.05. The molecule has 2 rings (SSSR count). The van der Waals surface area contributed by atoms with Crippen molar-refractivity contribution >= 4 is 6.09 Å². The minimum atomic E-state index is -0.111. The van der Waals surface area contributed by atoms with E-state index in [0.29, 0.717) is 5.92 Å². The Morgan fingerprint density at radius 3 is 2.94 bits per heavy atom. The standard InChI is InChI=1S/C12H22N2O2/c1-10-4-3-7-14(9-10)12(15)16-11-5-2-6-13-8-11/h10-11,13H,2-9H2,1H3. The molecule has 4 heteroatoms. The zero-order chi connectivity index (χ0) is 11.4. The van der Waals surface area contributed by atoms with E-state index in [2.05, 4.69) is 12.2 Å². The summed E-state index contributed by atoms with van der Waals surface area (Å²) in [5, 5.41) is 3.26. The summed E-state index contributed by atoms with van der Waals surface area (Å²) < 4.78 is 5.50. The summed E-state index contributed by atoms with van der Waals surface area (Å²) >= 11 is 0. The van der Waals surface area contributed by atoms with E-state index in [9.17, 15) is 4.79 Å². The normalized spacial score (nSPS) is 31.2. The SMILES string of the molecule is CC1CCCN(C(=O)OC2CCCNC2)C1. The van der Waals surface area contributed by atoms with E-state index in [1.165, 1.54) is 6.42 Å². The zero-order valence-corrected chi connectivity index (χ0v) is 10.1. The van der Waals surface area contributed by atoms with Gasteiger partial charge in [0.15, 0.2) is 0 Å². The molecule has 2 heterocycles. The lowest BCUT2D eigenvalue weighted by Gasteiger charge is -2.32. The fourth-order valence-corrected chi connectivity index (χ4v) is 2.49. The Kier molecular flexibility index (Phi) is 4.04. The molecule has 1 N–H and O–H groups in total. The van der Waals surface area contributed by atoms with Gasteiger partial charge in [-0.05, 0) is 38.1 Å². The predicted octanol–water partition coefficient (Wildman–Crippen LogP) is 1.61. The summed E-state index contributed by atoms with van der Waals surface area (Å²) in [6.45, 7) is 5.79. The summed E-state index contributed by atoms with van der Waals surface area (Å²) in [6.07, 6.45) is 4.42. The van der Waals surface area contributed by atoms with Crippen molar-refractivity contribution in [3.8, 4) is 0 Å². The zero-order valence-electron chi connectivity index (χ0n) is 10.1. The van der Waals surface area contributed by atoms with E-state index in [0.717, 1.165) is 45.4 Å². The topological polar surface area (TPSA) is 41.6 Å². The van der Waals surface area contributed by atoms with Crippen molar-refractivity contribution in [1.29, 1.82) is 0 Å². The van der Waals surface area contributed by atoms with Gasteiger partial charge >= 0.3 is 6.09 Å². The van der Waals surface area contributed by atoms with Crippen LogP contribution in [-0.4, -0.2) is 43.3 Å². The highest BCUT2D eigenvalue weighted by molar-refractivity contribution is 5.68. The second-order valence-electron chi connectivity index (χ2n) is 5.05. The number of ether oxygens (including phenoxy) is 1. The smallest absolute Gasteiger partial charge is 0.410 e. The van der Waals surface area contributed by atoms with Crippen molar-refractivity contribution in [3.63, 3.8) is 0 Å². The largest absolute Gasteiger partial charge is 0.445 e. The van der Waals surface area contributed by atoms with Crippen molar-refractivity contribution in [1.82, 2.24) is 10.2 Å². The molecule has 92 valence electrons. The fourth-order valence-electron chi connectivity index (χ4n) is 2.49. The van der Waals surface area contributed by atoms with Gasteiger partial charge in [0.25, 0.3) is 0 Å². The van der Waals surface area contributed by atoms with Gasteiger partial charge < -0.3 is 15.0 Å². The lowest BCUT2D eigenvalue weighted by atomic mass is 10.0. The van der Waals surface area contributed by atoms with Crippen LogP contribution < -0.4 is 5.32 Å². The van der Waals surface area contributed by atoms with Gasteiger partial charge in [-0.25, -0.2) is 4.79 Å². The van der Waals surface area contributed by atoms with Crippen molar-refractivity contribution in [2.24, 2.45) is 5.92 Å². The fraction of sp³-hybridized carbons (Fsp3) is 0.917. The number of nitrogens with one attached hydrogen (secondary N) is 1. The van der Waals surface area contributed by atoms with Crippen LogP contribution in [0.25, 0.3) is 0 Å². The number of hydrogen-bond acceptors (Lipinski definition) is 3. The monoisotopic (exact) mass is 226 g/mol. The van der Waals surface area contributed by atoms with Crippen LogP contribution in [0.1, 0.15) is 32.6 Å². The Morgan fingerprint density at radius 1 is 1.38 bits per heavy atom. The maximum Gasteiger partial charge on any atom is 0.410 e. The molecule has 0 saturated carbocycles. The van der Waals surface area contributed by atoms with E-state index in [4.69, 9.17) is 4.74 Å². The molecule has 0 aliphatic carbocycles. The summed E-state index contributed by atoms with van der Waals surface area (Å²) in [6, 6.07) is 0. The van der Waals surface area contributed by atoms with Gasteiger partial charge in [-0.1, -0.05) is 6.92 Å². The van der Waals surface area contributed by atoms with E-state index in [1.807, 2.05) is 4.90 Å². The first-order chi connectivity index (χ1) is 7.75. The van der Waals surface area contributed by atoms with Crippen molar-refractivity contribution < 1.29 is 9.53 Å². The summed E-state index contributed by atoms with van der Waals surface area (Å²) in [4.78, 5) is 13.8. The van der Waals surface area contributed by atoms with Crippen LogP contribution in [0.15, 0.2) is 0 Å². The first-order valence-electron chi connectivity index (χ1n) is 6.42. The van der Waals surface area contributed by atoms with Crippen LogP contribution in [0, 0.1) is 5.92 Å². The predicted molar refractivity (Wildman–Crippen MR) is 62.3 cm³/mol. The van der Waals surface area contributed by atoms with Crippen molar-refractivity contribution in [2.75, 3.05) is 26.2 Å². The van der Waals surface area contributed by atoms with Gasteiger partial charge in [-0.15, -0.1) is 0 Å². The Labute approximate surface area is 97.3 Å². The highest BCUT2D eigenvalue weighted by Crippen LogP contribution is 2.17. The van der Waals surface area contributed by atoms with Crippen LogP contribution >= 0.6 is 0 Å². The van der Waals surface area contributed by atoms with Crippen LogP contribution in [0.2, 0.25) is 0 Å². The Bertz CT molecular complexity index is 239. The molecule has 2 aliphatic rings. The molecule has 2 saturated heterocycles. The number of piperidine rings is 2. The molecule has 0 radical (unpaired) electrons. The molecular weight excluding hydrogens is 204 g/mol. The van der Waals surface area contributed by atoms with Crippen LogP contribution in [0.3, 0.4) is 0 Å². The number of amides is 1. The molecule has 2 atom stereocenters. The summed E-state index contributed by atoms with van der Waals surface area (Å²) in [5.74, 6) is 0.616. The molecule has 4 nitrogen and oxygen atoms in total. The first-order valence-corrected chi connectivity index (χ1v) is 6.42. The molecule has 0 spiro atoms. The van der Waals surface area contributed by atoms with Crippen LogP contribution in [0.5, 0.6) is 0 Å². The van der Waals surface area contributed by atoms with Gasteiger partial charge in [0.2, 0.25) is 0 Å². The van der Waals surface area contributed by atoms with Gasteiger partial charge in [-0.2, -0.15) is 0 Å². The number of carbonyl (C=O) groups is 1. The number of rotatable bonds is 1. The average molecular weight is 226 g/mol. The van der Waals surface area contributed by atoms with Gasteiger partial charge in [0.1, 0.15) is 6.10 Å². The molecule has 0 aromatic heterocycles. The molecule has 2 unspecified atom stereocenters. The third-order valence-corrected chi connectivity index (χ3v) is 3.43. The molecule has 1 amide bonds. The molecule has 0 aromatic carbocycles. The minimum absolute atomic E-state index is 0.0819. The molecule has 2 fully saturated rings. The maximum atomic E-state index is 11.9. The van der Waals surface area contributed by atoms with Crippen molar-refractivity contribution in [3.05, 3.63) is 0 Å².